The molecule has 0 unspecified atom stereocenters. The third-order valence-corrected chi connectivity index (χ3v) is 5.46. The Morgan fingerprint density at radius 3 is 1.47 bits per heavy atom. The fourth-order valence-corrected chi connectivity index (χ4v) is 3.71. The van der Waals surface area contributed by atoms with Crippen molar-refractivity contribution >= 4 is 34.2 Å². The van der Waals surface area contributed by atoms with E-state index in [0.29, 0.717) is 13.1 Å². The van der Waals surface area contributed by atoms with E-state index in [-0.39, 0.29) is 0 Å². The SMILES string of the molecule is C(=NCCc1ccccn1)c1ccc2ccc3ccc(C=NCCc4ccccn4)nc3c2n1. The molecular formula is C28H24N6. The van der Waals surface area contributed by atoms with Crippen molar-refractivity contribution in [2.75, 3.05) is 13.1 Å². The van der Waals surface area contributed by atoms with Crippen LogP contribution in [0.3, 0.4) is 0 Å². The maximum atomic E-state index is 4.84. The summed E-state index contributed by atoms with van der Waals surface area (Å²) < 4.78 is 0. The predicted octanol–water partition coefficient (Wildman–Crippen LogP) is 4.90. The fourth-order valence-electron chi connectivity index (χ4n) is 3.71. The lowest BCUT2D eigenvalue weighted by atomic mass is 10.1. The number of benzene rings is 1. The van der Waals surface area contributed by atoms with Gasteiger partial charge in [0.25, 0.3) is 0 Å². The lowest BCUT2D eigenvalue weighted by Crippen LogP contribution is -1.96. The Morgan fingerprint density at radius 1 is 0.559 bits per heavy atom. The zero-order valence-electron chi connectivity index (χ0n) is 18.7. The highest BCUT2D eigenvalue weighted by Gasteiger charge is 2.05. The minimum Gasteiger partial charge on any atom is -0.291 e. The standard InChI is InChI=1S/C28H24N6/c1-3-15-31-23(5-1)13-17-29-19-25-11-9-21-7-8-22-10-12-26(34-28(22)27(21)33-25)20-30-18-14-24-6-2-4-16-32-24/h1-12,15-16,19-20H,13-14,17-18H2. The molecule has 5 rings (SSSR count). The Bertz CT molecular complexity index is 1330. The van der Waals surface area contributed by atoms with Crippen LogP contribution in [-0.2, 0) is 12.8 Å². The van der Waals surface area contributed by atoms with Gasteiger partial charge in [0, 0.05) is 72.9 Å². The molecule has 6 heteroatoms. The molecule has 0 amide bonds. The molecule has 0 spiro atoms. The molecule has 0 N–H and O–H groups in total. The van der Waals surface area contributed by atoms with E-state index >= 15 is 0 Å². The number of hydrogen-bond acceptors (Lipinski definition) is 6. The summed E-state index contributed by atoms with van der Waals surface area (Å²) in [4.78, 5) is 27.4. The van der Waals surface area contributed by atoms with Gasteiger partial charge < -0.3 is 0 Å². The number of fused-ring (bicyclic) bond motifs is 3. The topological polar surface area (TPSA) is 76.3 Å². The van der Waals surface area contributed by atoms with Crippen molar-refractivity contribution in [3.63, 3.8) is 0 Å². The van der Waals surface area contributed by atoms with Crippen LogP contribution < -0.4 is 0 Å². The Kier molecular flexibility index (Phi) is 6.67. The van der Waals surface area contributed by atoms with Crippen molar-refractivity contribution in [2.24, 2.45) is 9.98 Å². The maximum Gasteiger partial charge on any atom is 0.0972 e. The van der Waals surface area contributed by atoms with Crippen molar-refractivity contribution in [3.05, 3.63) is 108 Å². The van der Waals surface area contributed by atoms with Gasteiger partial charge in [-0.05, 0) is 36.4 Å². The number of nitrogens with zero attached hydrogens (tertiary/aromatic N) is 6. The normalized spacial score (nSPS) is 11.8. The Balaban J connectivity index is 1.33. The fraction of sp³-hybridized carbons (Fsp3) is 0.143. The van der Waals surface area contributed by atoms with Crippen LogP contribution in [-0.4, -0.2) is 45.5 Å². The highest BCUT2D eigenvalue weighted by atomic mass is 14.8. The molecule has 0 fully saturated rings. The van der Waals surface area contributed by atoms with E-state index in [1.165, 1.54) is 0 Å². The maximum absolute atomic E-state index is 4.84. The van der Waals surface area contributed by atoms with Crippen LogP contribution >= 0.6 is 0 Å². The largest absolute Gasteiger partial charge is 0.291 e. The smallest absolute Gasteiger partial charge is 0.0972 e. The Morgan fingerprint density at radius 2 is 1.03 bits per heavy atom. The first kappa shape index (κ1) is 21.5. The number of rotatable bonds is 8. The van der Waals surface area contributed by atoms with Crippen LogP contribution in [0.1, 0.15) is 22.8 Å². The van der Waals surface area contributed by atoms with Gasteiger partial charge in [-0.1, -0.05) is 36.4 Å². The van der Waals surface area contributed by atoms with E-state index < -0.39 is 0 Å². The molecule has 1 aromatic carbocycles. The van der Waals surface area contributed by atoms with Gasteiger partial charge in [0.2, 0.25) is 0 Å². The summed E-state index contributed by atoms with van der Waals surface area (Å²) in [6.07, 6.45) is 8.87. The summed E-state index contributed by atoms with van der Waals surface area (Å²) >= 11 is 0. The second kappa shape index (κ2) is 10.5. The monoisotopic (exact) mass is 444 g/mol. The van der Waals surface area contributed by atoms with Gasteiger partial charge in [-0.25, -0.2) is 9.97 Å². The van der Waals surface area contributed by atoms with Crippen molar-refractivity contribution in [1.29, 1.82) is 0 Å². The second-order valence-electron chi connectivity index (χ2n) is 7.89. The van der Waals surface area contributed by atoms with E-state index in [4.69, 9.17) is 9.97 Å². The summed E-state index contributed by atoms with van der Waals surface area (Å²) in [7, 11) is 0. The second-order valence-corrected chi connectivity index (χ2v) is 7.89. The molecule has 0 saturated carbocycles. The summed E-state index contributed by atoms with van der Waals surface area (Å²) in [6, 6.07) is 24.1. The van der Waals surface area contributed by atoms with Gasteiger partial charge in [-0.3, -0.25) is 20.0 Å². The minimum atomic E-state index is 0.670. The summed E-state index contributed by atoms with van der Waals surface area (Å²) in [5.74, 6) is 0. The van der Waals surface area contributed by atoms with Gasteiger partial charge in [-0.2, -0.15) is 0 Å². The molecule has 0 saturated heterocycles. The average Bonchev–Trinajstić information content (AvgIpc) is 2.90. The number of aliphatic imine (C=N–C) groups is 2. The minimum absolute atomic E-state index is 0.670. The molecule has 0 aliphatic heterocycles. The quantitative estimate of drug-likeness (QED) is 0.252. The van der Waals surface area contributed by atoms with Crippen LogP contribution in [0.4, 0.5) is 0 Å². The molecule has 0 aliphatic rings. The summed E-state index contributed by atoms with van der Waals surface area (Å²) in [5.41, 5.74) is 5.45. The Labute approximate surface area is 198 Å². The van der Waals surface area contributed by atoms with Crippen LogP contribution in [0.25, 0.3) is 21.8 Å². The molecule has 0 bridgehead atoms. The van der Waals surface area contributed by atoms with E-state index in [1.54, 1.807) is 0 Å². The molecule has 34 heavy (non-hydrogen) atoms. The van der Waals surface area contributed by atoms with Crippen molar-refractivity contribution in [1.82, 2.24) is 19.9 Å². The summed E-state index contributed by atoms with van der Waals surface area (Å²) in [5, 5.41) is 2.10. The molecule has 5 aromatic rings. The van der Waals surface area contributed by atoms with Gasteiger partial charge in [-0.15, -0.1) is 0 Å². The molecular weight excluding hydrogens is 420 g/mol. The van der Waals surface area contributed by atoms with E-state index in [1.807, 2.05) is 73.4 Å². The third-order valence-electron chi connectivity index (χ3n) is 5.46. The van der Waals surface area contributed by atoms with Gasteiger partial charge in [0.1, 0.15) is 0 Å². The van der Waals surface area contributed by atoms with Crippen molar-refractivity contribution in [3.8, 4) is 0 Å². The lowest BCUT2D eigenvalue weighted by molar-refractivity contribution is 0.926. The number of hydrogen-bond donors (Lipinski definition) is 0. The first-order valence-corrected chi connectivity index (χ1v) is 11.4. The van der Waals surface area contributed by atoms with E-state index in [0.717, 1.165) is 57.4 Å². The number of pyridine rings is 4. The van der Waals surface area contributed by atoms with Gasteiger partial charge in [0.15, 0.2) is 0 Å². The number of aromatic nitrogens is 4. The molecule has 0 radical (unpaired) electrons. The predicted molar refractivity (Wildman–Crippen MR) is 138 cm³/mol. The van der Waals surface area contributed by atoms with Crippen molar-refractivity contribution < 1.29 is 0 Å². The van der Waals surface area contributed by atoms with Crippen LogP contribution in [0.15, 0.2) is 95.2 Å². The Hall–Kier alpha value is -4.32. The molecule has 6 nitrogen and oxygen atoms in total. The zero-order valence-corrected chi connectivity index (χ0v) is 18.7. The zero-order chi connectivity index (χ0) is 23.0. The van der Waals surface area contributed by atoms with Crippen LogP contribution in [0.2, 0.25) is 0 Å². The highest BCUT2D eigenvalue weighted by Crippen LogP contribution is 2.22. The molecule has 0 aliphatic carbocycles. The van der Waals surface area contributed by atoms with Crippen molar-refractivity contribution in [2.45, 2.75) is 12.8 Å². The summed E-state index contributed by atoms with van der Waals surface area (Å²) in [6.45, 7) is 1.34. The first-order chi connectivity index (χ1) is 16.8. The third kappa shape index (κ3) is 5.35. The van der Waals surface area contributed by atoms with E-state index in [9.17, 15) is 0 Å². The van der Waals surface area contributed by atoms with Crippen LogP contribution in [0, 0.1) is 0 Å². The molecule has 166 valence electrons. The highest BCUT2D eigenvalue weighted by molar-refractivity contribution is 6.04. The van der Waals surface area contributed by atoms with Gasteiger partial charge in [0.05, 0.1) is 22.4 Å². The van der Waals surface area contributed by atoms with E-state index in [2.05, 4.69) is 44.2 Å². The molecule has 4 heterocycles. The lowest BCUT2D eigenvalue weighted by Gasteiger charge is -2.05. The van der Waals surface area contributed by atoms with Crippen LogP contribution in [0.5, 0.6) is 0 Å². The average molecular weight is 445 g/mol. The van der Waals surface area contributed by atoms with Gasteiger partial charge >= 0.3 is 0 Å². The first-order valence-electron chi connectivity index (χ1n) is 11.4. The molecule has 0 atom stereocenters. The molecule has 4 aromatic heterocycles.